The summed E-state index contributed by atoms with van der Waals surface area (Å²) in [4.78, 5) is 26.8. The molecule has 0 saturated heterocycles. The minimum atomic E-state index is -4.49. The van der Waals surface area contributed by atoms with Gasteiger partial charge in [-0.25, -0.2) is 4.68 Å². The van der Waals surface area contributed by atoms with Crippen LogP contribution in [0.5, 0.6) is 5.75 Å². The van der Waals surface area contributed by atoms with Gasteiger partial charge in [-0.15, -0.1) is 0 Å². The molecule has 0 fully saturated rings. The van der Waals surface area contributed by atoms with E-state index >= 15 is 0 Å². The lowest BCUT2D eigenvalue weighted by atomic mass is 10.1. The molecule has 0 aliphatic rings. The Morgan fingerprint density at radius 2 is 1.50 bits per heavy atom. The number of methoxy groups -OCH3 is 1. The average molecular weight is 465 g/mol. The van der Waals surface area contributed by atoms with Crippen LogP contribution in [-0.4, -0.2) is 21.5 Å². The molecule has 0 spiro atoms. The second-order valence-electron chi connectivity index (χ2n) is 7.81. The van der Waals surface area contributed by atoms with Crippen LogP contribution in [0.2, 0.25) is 0 Å². The molecule has 0 saturated carbocycles. The van der Waals surface area contributed by atoms with Crippen molar-refractivity contribution in [2.75, 3.05) is 7.11 Å². The van der Waals surface area contributed by atoms with E-state index in [0.29, 0.717) is 22.0 Å². The molecule has 2 aromatic heterocycles. The number of halogens is 3. The number of pyridine rings is 1. The van der Waals surface area contributed by atoms with Crippen LogP contribution in [0.25, 0.3) is 27.5 Å². The number of nitrogens with one attached hydrogen (secondary N) is 1. The molecule has 0 radical (unpaired) electrons. The maximum absolute atomic E-state index is 13.4. The quantitative estimate of drug-likeness (QED) is 0.418. The van der Waals surface area contributed by atoms with Gasteiger partial charge in [0.25, 0.3) is 11.1 Å². The molecule has 5 rings (SSSR count). The van der Waals surface area contributed by atoms with E-state index in [1.54, 1.807) is 55.6 Å². The molecular weight excluding hydrogens is 447 g/mol. The van der Waals surface area contributed by atoms with Gasteiger partial charge >= 0.3 is 6.18 Å². The number of fused-ring (bicyclic) bond motifs is 3. The molecule has 0 unspecified atom stereocenters. The van der Waals surface area contributed by atoms with Gasteiger partial charge in [-0.2, -0.15) is 13.2 Å². The predicted molar refractivity (Wildman–Crippen MR) is 123 cm³/mol. The second kappa shape index (κ2) is 7.95. The van der Waals surface area contributed by atoms with E-state index in [4.69, 9.17) is 4.74 Å². The van der Waals surface area contributed by atoms with E-state index < -0.39 is 17.3 Å². The van der Waals surface area contributed by atoms with Crippen LogP contribution in [0.1, 0.15) is 11.1 Å². The number of H-pyrrole nitrogens is 1. The Balaban J connectivity index is 1.74. The van der Waals surface area contributed by atoms with Crippen LogP contribution in [0.3, 0.4) is 0 Å². The summed E-state index contributed by atoms with van der Waals surface area (Å²) in [5, 5.41) is 3.97. The maximum Gasteiger partial charge on any atom is 0.416 e. The minimum absolute atomic E-state index is 0.129. The molecule has 5 aromatic rings. The third kappa shape index (κ3) is 3.55. The average Bonchev–Trinajstić information content (AvgIpc) is 3.19. The van der Waals surface area contributed by atoms with Crippen LogP contribution < -0.4 is 15.9 Å². The maximum atomic E-state index is 13.4. The molecular formula is C25H18F3N3O3. The third-order valence-corrected chi connectivity index (χ3v) is 5.76. The molecule has 0 bridgehead atoms. The van der Waals surface area contributed by atoms with E-state index in [-0.39, 0.29) is 23.3 Å². The Kier molecular flexibility index (Phi) is 5.04. The van der Waals surface area contributed by atoms with Gasteiger partial charge in [0.15, 0.2) is 0 Å². The van der Waals surface area contributed by atoms with E-state index in [1.807, 2.05) is 0 Å². The first-order valence-electron chi connectivity index (χ1n) is 10.3. The van der Waals surface area contributed by atoms with E-state index in [0.717, 1.165) is 22.4 Å². The number of aromatic nitrogens is 3. The zero-order valence-electron chi connectivity index (χ0n) is 17.9. The van der Waals surface area contributed by atoms with Crippen LogP contribution in [0, 0.1) is 0 Å². The zero-order chi connectivity index (χ0) is 24.0. The molecule has 0 aliphatic carbocycles. The topological polar surface area (TPSA) is 69.0 Å². The third-order valence-electron chi connectivity index (χ3n) is 5.76. The van der Waals surface area contributed by atoms with Gasteiger partial charge in [-0.1, -0.05) is 30.3 Å². The lowest BCUT2D eigenvalue weighted by Crippen LogP contribution is -2.25. The number of rotatable bonds is 4. The highest BCUT2D eigenvalue weighted by Crippen LogP contribution is 2.29. The highest BCUT2D eigenvalue weighted by atomic mass is 19.4. The Morgan fingerprint density at radius 3 is 2.12 bits per heavy atom. The van der Waals surface area contributed by atoms with Gasteiger partial charge in [0, 0.05) is 10.8 Å². The Labute approximate surface area is 190 Å². The Bertz CT molecular complexity index is 1630. The van der Waals surface area contributed by atoms with Gasteiger partial charge < -0.3 is 4.74 Å². The lowest BCUT2D eigenvalue weighted by Gasteiger charge is -2.10. The van der Waals surface area contributed by atoms with Gasteiger partial charge in [-0.3, -0.25) is 19.3 Å². The molecule has 6 nitrogen and oxygen atoms in total. The van der Waals surface area contributed by atoms with Crippen molar-refractivity contribution < 1.29 is 17.9 Å². The number of benzene rings is 3. The van der Waals surface area contributed by atoms with Crippen molar-refractivity contribution in [1.82, 2.24) is 14.3 Å². The molecule has 0 aliphatic heterocycles. The van der Waals surface area contributed by atoms with Gasteiger partial charge in [-0.05, 0) is 48.0 Å². The minimum Gasteiger partial charge on any atom is -0.497 e. The number of aromatic amines is 1. The van der Waals surface area contributed by atoms with Crippen molar-refractivity contribution in [3.05, 3.63) is 105 Å². The standard InChI is InChI=1S/C25H18F3N3O3/c1-34-18-12-6-15(7-13-18)14-30-22-21(19-4-2-3-5-20(19)23(30)32)29-31(24(22)33)17-10-8-16(9-11-17)25(26,27)28/h2-13,29H,14H2,1H3. The fraction of sp³-hybridized carbons (Fsp3) is 0.120. The highest BCUT2D eigenvalue weighted by molar-refractivity contribution is 6.03. The van der Waals surface area contributed by atoms with E-state index in [1.165, 1.54) is 16.7 Å². The first kappa shape index (κ1) is 21.6. The lowest BCUT2D eigenvalue weighted by molar-refractivity contribution is -0.137. The van der Waals surface area contributed by atoms with Crippen molar-refractivity contribution in [2.45, 2.75) is 12.7 Å². The van der Waals surface area contributed by atoms with Crippen LogP contribution >= 0.6 is 0 Å². The summed E-state index contributed by atoms with van der Waals surface area (Å²) >= 11 is 0. The molecule has 1 N–H and O–H groups in total. The molecule has 34 heavy (non-hydrogen) atoms. The molecule has 9 heteroatoms. The van der Waals surface area contributed by atoms with Gasteiger partial charge in [0.1, 0.15) is 11.3 Å². The number of alkyl halides is 3. The predicted octanol–water partition coefficient (Wildman–Crippen LogP) is 4.71. The Hall–Kier alpha value is -4.27. The van der Waals surface area contributed by atoms with Gasteiger partial charge in [0.2, 0.25) is 0 Å². The summed E-state index contributed by atoms with van der Waals surface area (Å²) in [6.45, 7) is 0.129. The second-order valence-corrected chi connectivity index (χ2v) is 7.81. The van der Waals surface area contributed by atoms with Crippen molar-refractivity contribution in [1.29, 1.82) is 0 Å². The van der Waals surface area contributed by atoms with Crippen LogP contribution in [-0.2, 0) is 12.7 Å². The summed E-state index contributed by atoms with van der Waals surface area (Å²) in [6, 6.07) is 18.3. The Morgan fingerprint density at radius 1 is 0.853 bits per heavy atom. The largest absolute Gasteiger partial charge is 0.497 e. The summed E-state index contributed by atoms with van der Waals surface area (Å²) in [7, 11) is 1.55. The summed E-state index contributed by atoms with van der Waals surface area (Å²) < 4.78 is 46.6. The van der Waals surface area contributed by atoms with Crippen LogP contribution in [0.15, 0.2) is 82.4 Å². The summed E-state index contributed by atoms with van der Waals surface area (Å²) in [6.07, 6.45) is -4.49. The summed E-state index contributed by atoms with van der Waals surface area (Å²) in [5.74, 6) is 0.658. The fourth-order valence-electron chi connectivity index (χ4n) is 4.05. The van der Waals surface area contributed by atoms with Crippen molar-refractivity contribution in [2.24, 2.45) is 0 Å². The van der Waals surface area contributed by atoms with Crippen molar-refractivity contribution in [3.8, 4) is 11.4 Å². The fourth-order valence-corrected chi connectivity index (χ4v) is 4.05. The normalized spacial score (nSPS) is 11.9. The zero-order valence-corrected chi connectivity index (χ0v) is 17.9. The monoisotopic (exact) mass is 465 g/mol. The van der Waals surface area contributed by atoms with Gasteiger partial charge in [0.05, 0.1) is 30.4 Å². The number of hydrogen-bond acceptors (Lipinski definition) is 3. The smallest absolute Gasteiger partial charge is 0.416 e. The molecule has 0 amide bonds. The summed E-state index contributed by atoms with van der Waals surface area (Å²) in [5.41, 5.74) is -0.126. The number of nitrogens with zero attached hydrogens (tertiary/aromatic N) is 2. The highest BCUT2D eigenvalue weighted by Gasteiger charge is 2.30. The first-order chi connectivity index (χ1) is 16.3. The van der Waals surface area contributed by atoms with Crippen molar-refractivity contribution >= 4 is 21.8 Å². The molecule has 2 heterocycles. The van der Waals surface area contributed by atoms with Crippen LogP contribution in [0.4, 0.5) is 13.2 Å². The molecule has 0 atom stereocenters. The van der Waals surface area contributed by atoms with Crippen molar-refractivity contribution in [3.63, 3.8) is 0 Å². The molecule has 3 aromatic carbocycles. The van der Waals surface area contributed by atoms with E-state index in [9.17, 15) is 22.8 Å². The number of hydrogen-bond donors (Lipinski definition) is 1. The SMILES string of the molecule is COc1ccc(Cn2c(=O)c3ccccc3c3[nH]n(-c4ccc(C(F)(F)F)cc4)c(=O)c32)cc1. The first-order valence-corrected chi connectivity index (χ1v) is 10.3. The number of ether oxygens (including phenoxy) is 1. The van der Waals surface area contributed by atoms with E-state index in [2.05, 4.69) is 5.10 Å². The molecule has 172 valence electrons.